The minimum atomic E-state index is -0.265. The fourth-order valence-corrected chi connectivity index (χ4v) is 4.09. The molecule has 0 spiro atoms. The zero-order valence-corrected chi connectivity index (χ0v) is 19.1. The van der Waals surface area contributed by atoms with Gasteiger partial charge in [-0.15, -0.1) is 0 Å². The number of hydrogen-bond donors (Lipinski definition) is 1. The summed E-state index contributed by atoms with van der Waals surface area (Å²) in [5, 5.41) is 14.8. The molecule has 4 aromatic rings. The van der Waals surface area contributed by atoms with E-state index in [1.807, 2.05) is 72.8 Å². The van der Waals surface area contributed by atoms with Crippen molar-refractivity contribution in [1.82, 2.24) is 30.4 Å². The van der Waals surface area contributed by atoms with E-state index in [4.69, 9.17) is 0 Å². The molecule has 1 aliphatic rings. The minimum absolute atomic E-state index is 0.0407. The average molecular weight is 468 g/mol. The van der Waals surface area contributed by atoms with E-state index in [1.165, 1.54) is 0 Å². The molecule has 3 aromatic carbocycles. The number of nitrogens with one attached hydrogen (secondary N) is 1. The Hall–Kier alpha value is -4.53. The SMILES string of the molecule is O=C(NCC(=O)N1CCN(c2nnnn2-c2ccccc2)CC1)c1ccc(-c2ccccc2)cc1. The predicted octanol–water partition coefficient (Wildman–Crippen LogP) is 2.41. The van der Waals surface area contributed by atoms with E-state index in [1.54, 1.807) is 21.7 Å². The van der Waals surface area contributed by atoms with Crippen molar-refractivity contribution in [2.75, 3.05) is 37.6 Å². The fraction of sp³-hybridized carbons (Fsp3) is 0.192. The number of tetrazole rings is 1. The van der Waals surface area contributed by atoms with Gasteiger partial charge in [-0.2, -0.15) is 4.68 Å². The largest absolute Gasteiger partial charge is 0.343 e. The van der Waals surface area contributed by atoms with Gasteiger partial charge in [0.05, 0.1) is 12.2 Å². The molecule has 0 radical (unpaired) electrons. The van der Waals surface area contributed by atoms with Gasteiger partial charge in [0.25, 0.3) is 5.91 Å². The second-order valence-corrected chi connectivity index (χ2v) is 8.22. The molecule has 35 heavy (non-hydrogen) atoms. The van der Waals surface area contributed by atoms with Crippen LogP contribution in [0.2, 0.25) is 0 Å². The van der Waals surface area contributed by atoms with Crippen LogP contribution in [0.1, 0.15) is 10.4 Å². The molecule has 0 bridgehead atoms. The highest BCUT2D eigenvalue weighted by Crippen LogP contribution is 2.19. The van der Waals surface area contributed by atoms with Crippen molar-refractivity contribution in [3.05, 3.63) is 90.5 Å². The molecule has 9 heteroatoms. The maximum Gasteiger partial charge on any atom is 0.251 e. The van der Waals surface area contributed by atoms with Crippen molar-refractivity contribution in [2.45, 2.75) is 0 Å². The molecule has 1 aliphatic heterocycles. The van der Waals surface area contributed by atoms with E-state index in [0.29, 0.717) is 37.7 Å². The van der Waals surface area contributed by atoms with Crippen LogP contribution in [0.15, 0.2) is 84.9 Å². The van der Waals surface area contributed by atoms with Crippen LogP contribution in [0.3, 0.4) is 0 Å². The molecule has 1 saturated heterocycles. The highest BCUT2D eigenvalue weighted by molar-refractivity contribution is 5.96. The number of carbonyl (C=O) groups excluding carboxylic acids is 2. The van der Waals surface area contributed by atoms with E-state index in [0.717, 1.165) is 16.8 Å². The van der Waals surface area contributed by atoms with Crippen molar-refractivity contribution in [3.63, 3.8) is 0 Å². The summed E-state index contributed by atoms with van der Waals surface area (Å²) in [6.45, 7) is 2.23. The summed E-state index contributed by atoms with van der Waals surface area (Å²) in [7, 11) is 0. The third kappa shape index (κ3) is 5.03. The van der Waals surface area contributed by atoms with E-state index < -0.39 is 0 Å². The van der Waals surface area contributed by atoms with Crippen molar-refractivity contribution in [3.8, 4) is 16.8 Å². The number of para-hydroxylation sites is 1. The molecule has 1 N–H and O–H groups in total. The Labute approximate surface area is 203 Å². The monoisotopic (exact) mass is 467 g/mol. The number of anilines is 1. The first-order valence-corrected chi connectivity index (χ1v) is 11.5. The maximum absolute atomic E-state index is 12.7. The van der Waals surface area contributed by atoms with Gasteiger partial charge >= 0.3 is 0 Å². The first kappa shape index (κ1) is 22.3. The van der Waals surface area contributed by atoms with Crippen molar-refractivity contribution >= 4 is 17.8 Å². The summed E-state index contributed by atoms with van der Waals surface area (Å²) in [6, 6.07) is 27.0. The van der Waals surface area contributed by atoms with Crippen molar-refractivity contribution in [1.29, 1.82) is 0 Å². The van der Waals surface area contributed by atoms with Crippen LogP contribution in [-0.2, 0) is 4.79 Å². The normalized spacial score (nSPS) is 13.5. The van der Waals surface area contributed by atoms with Crippen LogP contribution in [0.25, 0.3) is 16.8 Å². The standard InChI is InChI=1S/C26H25N7O2/c34-24(19-27-25(35)22-13-11-21(12-14-22)20-7-3-1-4-8-20)31-15-17-32(18-16-31)26-28-29-30-33(26)23-9-5-2-6-10-23/h1-14H,15-19H2,(H,27,35). The summed E-state index contributed by atoms with van der Waals surface area (Å²) < 4.78 is 1.70. The number of benzene rings is 3. The van der Waals surface area contributed by atoms with Crippen LogP contribution in [0.5, 0.6) is 0 Å². The number of aromatic nitrogens is 4. The quantitative estimate of drug-likeness (QED) is 0.468. The van der Waals surface area contributed by atoms with Crippen LogP contribution >= 0.6 is 0 Å². The van der Waals surface area contributed by atoms with Gasteiger partial charge < -0.3 is 15.1 Å². The molecule has 2 heterocycles. The van der Waals surface area contributed by atoms with Crippen LogP contribution in [-0.4, -0.2) is 69.6 Å². The molecule has 0 unspecified atom stereocenters. The van der Waals surface area contributed by atoms with Crippen LogP contribution < -0.4 is 10.2 Å². The van der Waals surface area contributed by atoms with Gasteiger partial charge in [0.15, 0.2) is 0 Å². The Morgan fingerprint density at radius 3 is 2.09 bits per heavy atom. The minimum Gasteiger partial charge on any atom is -0.343 e. The number of hydrogen-bond acceptors (Lipinski definition) is 6. The molecule has 9 nitrogen and oxygen atoms in total. The van der Waals surface area contributed by atoms with E-state index >= 15 is 0 Å². The zero-order chi connectivity index (χ0) is 24.0. The van der Waals surface area contributed by atoms with Crippen LogP contribution in [0.4, 0.5) is 5.95 Å². The number of nitrogens with zero attached hydrogens (tertiary/aromatic N) is 6. The lowest BCUT2D eigenvalue weighted by Crippen LogP contribution is -2.51. The molecule has 0 atom stereocenters. The molecule has 0 aliphatic carbocycles. The van der Waals surface area contributed by atoms with Crippen LogP contribution in [0, 0.1) is 0 Å². The summed E-state index contributed by atoms with van der Waals surface area (Å²) in [6.07, 6.45) is 0. The third-order valence-electron chi connectivity index (χ3n) is 6.02. The molecule has 1 aromatic heterocycles. The third-order valence-corrected chi connectivity index (χ3v) is 6.02. The van der Waals surface area contributed by atoms with Crippen molar-refractivity contribution in [2.24, 2.45) is 0 Å². The van der Waals surface area contributed by atoms with E-state index in [2.05, 4.69) is 25.7 Å². The number of carbonyl (C=O) groups is 2. The van der Waals surface area contributed by atoms with Gasteiger partial charge in [-0.1, -0.05) is 65.8 Å². The Balaban J connectivity index is 1.13. The number of amides is 2. The van der Waals surface area contributed by atoms with E-state index in [-0.39, 0.29) is 18.4 Å². The Morgan fingerprint density at radius 2 is 1.40 bits per heavy atom. The number of rotatable bonds is 6. The lowest BCUT2D eigenvalue weighted by Gasteiger charge is -2.34. The second kappa shape index (κ2) is 10.2. The summed E-state index contributed by atoms with van der Waals surface area (Å²) in [4.78, 5) is 29.1. The topological polar surface area (TPSA) is 96.2 Å². The van der Waals surface area contributed by atoms with Gasteiger partial charge in [-0.25, -0.2) is 0 Å². The molecular formula is C26H25N7O2. The van der Waals surface area contributed by atoms with E-state index in [9.17, 15) is 9.59 Å². The highest BCUT2D eigenvalue weighted by Gasteiger charge is 2.25. The smallest absolute Gasteiger partial charge is 0.251 e. The summed E-state index contributed by atoms with van der Waals surface area (Å²) >= 11 is 0. The lowest BCUT2D eigenvalue weighted by molar-refractivity contribution is -0.130. The molecule has 176 valence electrons. The lowest BCUT2D eigenvalue weighted by atomic mass is 10.0. The molecular weight excluding hydrogens is 442 g/mol. The average Bonchev–Trinajstić information content (AvgIpc) is 3.43. The second-order valence-electron chi connectivity index (χ2n) is 8.22. The van der Waals surface area contributed by atoms with Gasteiger partial charge in [-0.05, 0) is 45.8 Å². The molecule has 5 rings (SSSR count). The summed E-state index contributed by atoms with van der Waals surface area (Å²) in [5.41, 5.74) is 3.53. The Morgan fingerprint density at radius 1 is 0.771 bits per heavy atom. The Kier molecular flexibility index (Phi) is 6.47. The number of piperazine rings is 1. The molecule has 2 amide bonds. The van der Waals surface area contributed by atoms with Gasteiger partial charge in [0, 0.05) is 31.7 Å². The van der Waals surface area contributed by atoms with Gasteiger partial charge in [0.1, 0.15) is 0 Å². The van der Waals surface area contributed by atoms with Crippen molar-refractivity contribution < 1.29 is 9.59 Å². The van der Waals surface area contributed by atoms with Gasteiger partial charge in [0.2, 0.25) is 11.9 Å². The summed E-state index contributed by atoms with van der Waals surface area (Å²) in [5.74, 6) is 0.274. The fourth-order valence-electron chi connectivity index (χ4n) is 4.09. The molecule has 1 fully saturated rings. The zero-order valence-electron chi connectivity index (χ0n) is 19.1. The first-order chi connectivity index (χ1) is 17.2. The first-order valence-electron chi connectivity index (χ1n) is 11.5. The van der Waals surface area contributed by atoms with Gasteiger partial charge in [-0.3, -0.25) is 9.59 Å². The molecule has 0 saturated carbocycles. The maximum atomic E-state index is 12.7. The predicted molar refractivity (Wildman–Crippen MR) is 132 cm³/mol. The highest BCUT2D eigenvalue weighted by atomic mass is 16.2. The Bertz CT molecular complexity index is 1280.